The molecule has 3 N–H and O–H groups in total. The van der Waals surface area contributed by atoms with Gasteiger partial charge in [0, 0.05) is 13.1 Å². The fraction of sp³-hybridized carbons (Fsp3) is 0.571. The molecule has 0 aliphatic heterocycles. The summed E-state index contributed by atoms with van der Waals surface area (Å²) in [6.45, 7) is 4.23. The Bertz CT molecular complexity index is 641. The van der Waals surface area contributed by atoms with E-state index in [1.54, 1.807) is 0 Å². The molecule has 118 valence electrons. The van der Waals surface area contributed by atoms with Gasteiger partial charge in [-0.15, -0.1) is 0 Å². The number of rotatable bonds is 6. The Hall–Kier alpha value is -1.05. The molecule has 0 unspecified atom stereocenters. The van der Waals surface area contributed by atoms with E-state index in [0.717, 1.165) is 25.0 Å². The van der Waals surface area contributed by atoms with E-state index in [1.807, 2.05) is 13.8 Å². The first kappa shape index (κ1) is 16.3. The van der Waals surface area contributed by atoms with E-state index in [0.29, 0.717) is 5.92 Å². The summed E-state index contributed by atoms with van der Waals surface area (Å²) in [6.07, 6.45) is 1.87. The third-order valence-corrected chi connectivity index (χ3v) is 5.71. The van der Waals surface area contributed by atoms with Crippen molar-refractivity contribution in [1.82, 2.24) is 4.72 Å². The number of benzene rings is 1. The molecule has 1 aliphatic carbocycles. The molecule has 0 bridgehead atoms. The van der Waals surface area contributed by atoms with Gasteiger partial charge in [-0.2, -0.15) is 0 Å². The minimum absolute atomic E-state index is 0.0599. The molecule has 2 rings (SSSR count). The molecule has 0 aromatic heterocycles. The zero-order valence-corrected chi connectivity index (χ0v) is 12.9. The van der Waals surface area contributed by atoms with Crippen molar-refractivity contribution >= 4 is 10.0 Å². The van der Waals surface area contributed by atoms with Crippen LogP contribution in [-0.4, -0.2) is 15.0 Å². The van der Waals surface area contributed by atoms with Crippen LogP contribution in [0.3, 0.4) is 0 Å². The molecule has 0 atom stereocenters. The second-order valence-corrected chi connectivity index (χ2v) is 7.67. The molecule has 0 heterocycles. The molecule has 7 heteroatoms. The van der Waals surface area contributed by atoms with Crippen molar-refractivity contribution in [3.8, 4) is 0 Å². The lowest BCUT2D eigenvalue weighted by Gasteiger charge is -2.20. The van der Waals surface area contributed by atoms with Crippen LogP contribution >= 0.6 is 0 Å². The van der Waals surface area contributed by atoms with Gasteiger partial charge >= 0.3 is 0 Å². The molecule has 1 fully saturated rings. The van der Waals surface area contributed by atoms with Crippen LogP contribution in [0.4, 0.5) is 8.78 Å². The monoisotopic (exact) mass is 318 g/mol. The van der Waals surface area contributed by atoms with Crippen molar-refractivity contribution < 1.29 is 17.2 Å². The normalized spacial score (nSPS) is 17.2. The molecule has 1 aromatic carbocycles. The van der Waals surface area contributed by atoms with Crippen molar-refractivity contribution in [1.29, 1.82) is 0 Å². The van der Waals surface area contributed by atoms with Crippen molar-refractivity contribution in [3.63, 3.8) is 0 Å². The summed E-state index contributed by atoms with van der Waals surface area (Å²) < 4.78 is 54.0. The molecular formula is C14H20F2N2O2S. The van der Waals surface area contributed by atoms with E-state index < -0.39 is 26.6 Å². The van der Waals surface area contributed by atoms with Gasteiger partial charge in [-0.05, 0) is 41.9 Å². The maximum Gasteiger partial charge on any atom is 0.243 e. The Morgan fingerprint density at radius 3 is 2.43 bits per heavy atom. The lowest BCUT2D eigenvalue weighted by Crippen LogP contribution is -2.33. The van der Waals surface area contributed by atoms with Crippen LogP contribution < -0.4 is 10.5 Å². The molecule has 0 amide bonds. The lowest BCUT2D eigenvalue weighted by atomic mass is 9.93. The number of sulfonamides is 1. The molecule has 1 aromatic rings. The average molecular weight is 318 g/mol. The first-order valence-corrected chi connectivity index (χ1v) is 8.38. The Kier molecular flexibility index (Phi) is 4.37. The first-order chi connectivity index (χ1) is 9.72. The van der Waals surface area contributed by atoms with E-state index >= 15 is 0 Å². The third kappa shape index (κ3) is 3.25. The van der Waals surface area contributed by atoms with Gasteiger partial charge in [0.15, 0.2) is 11.6 Å². The van der Waals surface area contributed by atoms with Crippen LogP contribution in [0, 0.1) is 23.0 Å². The summed E-state index contributed by atoms with van der Waals surface area (Å²) in [5, 5.41) is 0. The maximum absolute atomic E-state index is 13.8. The van der Waals surface area contributed by atoms with E-state index in [2.05, 4.69) is 4.72 Å². The summed E-state index contributed by atoms with van der Waals surface area (Å²) in [7, 11) is -4.09. The second-order valence-electron chi connectivity index (χ2n) is 5.94. The van der Waals surface area contributed by atoms with Gasteiger partial charge in [0.05, 0.1) is 0 Å². The first-order valence-electron chi connectivity index (χ1n) is 6.89. The molecule has 0 spiro atoms. The number of nitrogens with two attached hydrogens (primary N) is 1. The van der Waals surface area contributed by atoms with Crippen molar-refractivity contribution in [2.45, 2.75) is 38.1 Å². The topological polar surface area (TPSA) is 72.2 Å². The number of nitrogens with one attached hydrogen (secondary N) is 1. The highest BCUT2D eigenvalue weighted by molar-refractivity contribution is 7.89. The fourth-order valence-electron chi connectivity index (χ4n) is 2.37. The Morgan fingerprint density at radius 2 is 1.95 bits per heavy atom. The molecular weight excluding hydrogens is 298 g/mol. The van der Waals surface area contributed by atoms with Crippen LogP contribution in [0.25, 0.3) is 0 Å². The van der Waals surface area contributed by atoms with Gasteiger partial charge in [0.25, 0.3) is 0 Å². The smallest absolute Gasteiger partial charge is 0.243 e. The van der Waals surface area contributed by atoms with Crippen LogP contribution in [0.2, 0.25) is 0 Å². The highest BCUT2D eigenvalue weighted by atomic mass is 32.2. The van der Waals surface area contributed by atoms with Crippen LogP contribution in [0.15, 0.2) is 17.0 Å². The van der Waals surface area contributed by atoms with Crippen LogP contribution in [0.1, 0.15) is 32.3 Å². The highest BCUT2D eigenvalue weighted by Crippen LogP contribution is 2.51. The maximum atomic E-state index is 13.8. The zero-order chi connectivity index (χ0) is 15.8. The second kappa shape index (κ2) is 5.62. The largest absolute Gasteiger partial charge is 0.326 e. The van der Waals surface area contributed by atoms with E-state index in [1.165, 1.54) is 0 Å². The number of halogens is 2. The predicted octanol–water partition coefficient (Wildman–Crippen LogP) is 2.14. The zero-order valence-electron chi connectivity index (χ0n) is 12.1. The molecule has 0 radical (unpaired) electrons. The summed E-state index contributed by atoms with van der Waals surface area (Å²) >= 11 is 0. The molecule has 1 aliphatic rings. The molecule has 1 saturated carbocycles. The fourth-order valence-corrected chi connectivity index (χ4v) is 3.64. The average Bonchev–Trinajstić information content (AvgIpc) is 3.20. The van der Waals surface area contributed by atoms with Gasteiger partial charge in [-0.3, -0.25) is 0 Å². The minimum Gasteiger partial charge on any atom is -0.326 e. The van der Waals surface area contributed by atoms with Gasteiger partial charge in [-0.1, -0.05) is 13.8 Å². The minimum atomic E-state index is -4.09. The standard InChI is InChI=1S/C14H20F2N2O2S/c1-9(2)14(3-4-14)8-18-21(19,20)12-6-10(7-17)5-11(15)13(12)16/h5-6,9,18H,3-4,7-8,17H2,1-2H3. The number of hydrogen-bond donors (Lipinski definition) is 2. The van der Waals surface area contributed by atoms with Crippen molar-refractivity contribution in [2.24, 2.45) is 17.1 Å². The van der Waals surface area contributed by atoms with Crippen LogP contribution in [-0.2, 0) is 16.6 Å². The van der Waals surface area contributed by atoms with Crippen molar-refractivity contribution in [3.05, 3.63) is 29.3 Å². The number of hydrogen-bond acceptors (Lipinski definition) is 3. The third-order valence-electron chi connectivity index (χ3n) is 4.31. The Balaban J connectivity index is 2.26. The van der Waals surface area contributed by atoms with Gasteiger partial charge in [-0.25, -0.2) is 21.9 Å². The Labute approximate surface area is 123 Å². The lowest BCUT2D eigenvalue weighted by molar-refractivity contribution is 0.357. The predicted molar refractivity (Wildman–Crippen MR) is 75.9 cm³/mol. The van der Waals surface area contributed by atoms with E-state index in [9.17, 15) is 17.2 Å². The quantitative estimate of drug-likeness (QED) is 0.844. The summed E-state index contributed by atoms with van der Waals surface area (Å²) in [5.74, 6) is -2.24. The molecule has 4 nitrogen and oxygen atoms in total. The summed E-state index contributed by atoms with van der Waals surface area (Å²) in [5.41, 5.74) is 5.54. The van der Waals surface area contributed by atoms with Gasteiger partial charge in [0.2, 0.25) is 10.0 Å². The van der Waals surface area contributed by atoms with E-state index in [-0.39, 0.29) is 24.1 Å². The summed E-state index contributed by atoms with van der Waals surface area (Å²) in [4.78, 5) is -0.678. The Morgan fingerprint density at radius 1 is 1.33 bits per heavy atom. The van der Waals surface area contributed by atoms with Gasteiger partial charge in [0.1, 0.15) is 4.90 Å². The summed E-state index contributed by atoms with van der Waals surface area (Å²) in [6, 6.07) is 1.99. The van der Waals surface area contributed by atoms with Crippen LogP contribution in [0.5, 0.6) is 0 Å². The molecule has 21 heavy (non-hydrogen) atoms. The van der Waals surface area contributed by atoms with E-state index in [4.69, 9.17) is 5.73 Å². The molecule has 0 saturated heterocycles. The van der Waals surface area contributed by atoms with Crippen molar-refractivity contribution in [2.75, 3.05) is 6.54 Å². The van der Waals surface area contributed by atoms with Gasteiger partial charge < -0.3 is 5.73 Å². The highest BCUT2D eigenvalue weighted by Gasteiger charge is 2.45. The SMILES string of the molecule is CC(C)C1(CNS(=O)(=O)c2cc(CN)cc(F)c2F)CC1.